The maximum Gasteiger partial charge on any atom is 0.148 e. The highest BCUT2D eigenvalue weighted by Gasteiger charge is 2.39. The standard InChI is InChI=1S/C27H32F2O/c28-23-15-7-13-21(17-23)25(19-9-3-1-4-10-19)27(30)26(20-11-5-2-6-12-20)22-14-8-16-24(29)18-22/h7-8,13-20,25-26H,1-6,9-12H2. The first-order chi connectivity index (χ1) is 14.6. The Bertz CT molecular complexity index is 780. The average molecular weight is 411 g/mol. The Balaban J connectivity index is 1.74. The third kappa shape index (κ3) is 4.82. The molecule has 2 aromatic carbocycles. The first-order valence-corrected chi connectivity index (χ1v) is 11.7. The molecule has 0 spiro atoms. The molecule has 160 valence electrons. The number of hydrogen-bond acceptors (Lipinski definition) is 1. The summed E-state index contributed by atoms with van der Waals surface area (Å²) in [5.41, 5.74) is 1.59. The molecule has 2 saturated carbocycles. The monoisotopic (exact) mass is 410 g/mol. The van der Waals surface area contributed by atoms with Gasteiger partial charge in [0.2, 0.25) is 0 Å². The van der Waals surface area contributed by atoms with Crippen LogP contribution in [-0.2, 0) is 4.79 Å². The lowest BCUT2D eigenvalue weighted by Crippen LogP contribution is -2.32. The summed E-state index contributed by atoms with van der Waals surface area (Å²) in [5.74, 6) is -0.542. The predicted molar refractivity (Wildman–Crippen MR) is 116 cm³/mol. The van der Waals surface area contributed by atoms with E-state index in [1.807, 2.05) is 12.1 Å². The van der Waals surface area contributed by atoms with Gasteiger partial charge in [-0.05, 0) is 72.9 Å². The number of ketones is 1. The van der Waals surface area contributed by atoms with E-state index in [2.05, 4.69) is 0 Å². The molecule has 2 aromatic rings. The van der Waals surface area contributed by atoms with Gasteiger partial charge >= 0.3 is 0 Å². The lowest BCUT2D eigenvalue weighted by Gasteiger charge is -2.36. The lowest BCUT2D eigenvalue weighted by molar-refractivity contribution is -0.125. The van der Waals surface area contributed by atoms with E-state index in [-0.39, 0.29) is 41.1 Å². The number of hydrogen-bond donors (Lipinski definition) is 0. The van der Waals surface area contributed by atoms with Crippen LogP contribution in [0.25, 0.3) is 0 Å². The van der Waals surface area contributed by atoms with Crippen LogP contribution in [0.2, 0.25) is 0 Å². The molecule has 2 atom stereocenters. The van der Waals surface area contributed by atoms with Crippen molar-refractivity contribution in [2.45, 2.75) is 76.0 Å². The van der Waals surface area contributed by atoms with Crippen molar-refractivity contribution in [3.05, 3.63) is 71.3 Å². The summed E-state index contributed by atoms with van der Waals surface area (Å²) in [6.45, 7) is 0. The molecular weight excluding hydrogens is 378 g/mol. The molecule has 4 rings (SSSR count). The summed E-state index contributed by atoms with van der Waals surface area (Å²) >= 11 is 0. The topological polar surface area (TPSA) is 17.1 Å². The van der Waals surface area contributed by atoms with Gasteiger partial charge in [-0.15, -0.1) is 0 Å². The molecule has 0 bridgehead atoms. The highest BCUT2D eigenvalue weighted by Crippen LogP contribution is 2.44. The van der Waals surface area contributed by atoms with Gasteiger partial charge in [0.05, 0.1) is 0 Å². The average Bonchev–Trinajstić information content (AvgIpc) is 2.76. The van der Waals surface area contributed by atoms with Crippen molar-refractivity contribution >= 4 is 5.78 Å². The summed E-state index contributed by atoms with van der Waals surface area (Å²) < 4.78 is 28.3. The molecule has 0 amide bonds. The van der Waals surface area contributed by atoms with Crippen molar-refractivity contribution in [3.8, 4) is 0 Å². The molecule has 1 nitrogen and oxygen atoms in total. The van der Waals surface area contributed by atoms with Gasteiger partial charge in [0.1, 0.15) is 17.4 Å². The first kappa shape index (κ1) is 21.2. The maximum atomic E-state index is 14.2. The first-order valence-electron chi connectivity index (χ1n) is 11.7. The molecule has 2 unspecified atom stereocenters. The second-order valence-electron chi connectivity index (χ2n) is 9.26. The second-order valence-corrected chi connectivity index (χ2v) is 9.26. The van der Waals surface area contributed by atoms with Gasteiger partial charge in [-0.2, -0.15) is 0 Å². The highest BCUT2D eigenvalue weighted by atomic mass is 19.1. The van der Waals surface area contributed by atoms with Crippen molar-refractivity contribution in [1.29, 1.82) is 0 Å². The van der Waals surface area contributed by atoms with Crippen LogP contribution < -0.4 is 0 Å². The zero-order chi connectivity index (χ0) is 20.9. The van der Waals surface area contributed by atoms with Crippen LogP contribution in [0.4, 0.5) is 8.78 Å². The molecule has 0 heterocycles. The number of carbonyl (C=O) groups excluding carboxylic acids is 1. The summed E-state index contributed by atoms with van der Waals surface area (Å²) in [6.07, 6.45) is 10.9. The van der Waals surface area contributed by atoms with Gasteiger partial charge < -0.3 is 0 Å². The van der Waals surface area contributed by atoms with E-state index in [0.29, 0.717) is 0 Å². The normalized spacial score (nSPS) is 20.6. The van der Waals surface area contributed by atoms with Crippen LogP contribution in [-0.4, -0.2) is 5.78 Å². The Morgan fingerprint density at radius 2 is 1.07 bits per heavy atom. The van der Waals surface area contributed by atoms with Gasteiger partial charge in [-0.3, -0.25) is 4.79 Å². The minimum atomic E-state index is -0.309. The Morgan fingerprint density at radius 3 is 1.43 bits per heavy atom. The fourth-order valence-corrected chi connectivity index (χ4v) is 5.87. The Kier molecular flexibility index (Phi) is 6.97. The number of rotatable bonds is 6. The van der Waals surface area contributed by atoms with Gasteiger partial charge in [0.15, 0.2) is 0 Å². The van der Waals surface area contributed by atoms with E-state index in [1.54, 1.807) is 24.3 Å². The molecule has 0 aliphatic heterocycles. The molecule has 3 heteroatoms. The molecule has 2 aliphatic carbocycles. The molecular formula is C27H32F2O. The van der Waals surface area contributed by atoms with Crippen molar-refractivity contribution < 1.29 is 13.6 Å². The zero-order valence-corrected chi connectivity index (χ0v) is 17.7. The molecule has 0 radical (unpaired) electrons. The van der Waals surface area contributed by atoms with Crippen molar-refractivity contribution in [3.63, 3.8) is 0 Å². The summed E-state index contributed by atoms with van der Waals surface area (Å²) in [6, 6.07) is 13.2. The fraction of sp³-hybridized carbons (Fsp3) is 0.519. The van der Waals surface area contributed by atoms with E-state index in [1.165, 1.54) is 25.0 Å². The second kappa shape index (κ2) is 9.85. The fourth-order valence-electron chi connectivity index (χ4n) is 5.87. The van der Waals surface area contributed by atoms with Crippen LogP contribution in [0.1, 0.15) is 87.2 Å². The van der Waals surface area contributed by atoms with Crippen LogP contribution in [0.15, 0.2) is 48.5 Å². The summed E-state index contributed by atoms with van der Waals surface area (Å²) in [7, 11) is 0. The molecule has 2 fully saturated rings. The van der Waals surface area contributed by atoms with Gasteiger partial charge in [0, 0.05) is 11.8 Å². The van der Waals surface area contributed by atoms with E-state index >= 15 is 0 Å². The van der Waals surface area contributed by atoms with Gasteiger partial charge in [-0.25, -0.2) is 8.78 Å². The SMILES string of the molecule is O=C(C(c1cccc(F)c1)C1CCCCC1)C(c1cccc(F)c1)C1CCCCC1. The van der Waals surface area contributed by atoms with E-state index in [9.17, 15) is 13.6 Å². The molecule has 30 heavy (non-hydrogen) atoms. The number of carbonyl (C=O) groups is 1. The summed E-state index contributed by atoms with van der Waals surface area (Å²) in [5, 5.41) is 0. The molecule has 2 aliphatic rings. The number of Topliss-reactive ketones (excluding diaryl/α,β-unsaturated/α-hetero) is 1. The third-order valence-electron chi connectivity index (χ3n) is 7.27. The summed E-state index contributed by atoms with van der Waals surface area (Å²) in [4.78, 5) is 14.2. The van der Waals surface area contributed by atoms with Gasteiger partial charge in [-0.1, -0.05) is 62.8 Å². The molecule has 0 saturated heterocycles. The predicted octanol–water partition coefficient (Wildman–Crippen LogP) is 7.56. The van der Waals surface area contributed by atoms with Gasteiger partial charge in [0.25, 0.3) is 0 Å². The Hall–Kier alpha value is -2.03. The van der Waals surface area contributed by atoms with E-state index in [4.69, 9.17) is 0 Å². The smallest absolute Gasteiger partial charge is 0.148 e. The number of benzene rings is 2. The molecule has 0 aromatic heterocycles. The maximum absolute atomic E-state index is 14.2. The van der Waals surface area contributed by atoms with Crippen molar-refractivity contribution in [2.24, 2.45) is 11.8 Å². The minimum absolute atomic E-state index is 0.171. The lowest BCUT2D eigenvalue weighted by atomic mass is 9.67. The van der Waals surface area contributed by atoms with Crippen molar-refractivity contribution in [2.75, 3.05) is 0 Å². The van der Waals surface area contributed by atoms with Crippen LogP contribution >= 0.6 is 0 Å². The Morgan fingerprint density at radius 1 is 0.667 bits per heavy atom. The quantitative estimate of drug-likeness (QED) is 0.480. The van der Waals surface area contributed by atoms with Crippen LogP contribution in [0, 0.1) is 23.5 Å². The molecule has 0 N–H and O–H groups in total. The van der Waals surface area contributed by atoms with E-state index in [0.717, 1.165) is 62.5 Å². The highest BCUT2D eigenvalue weighted by molar-refractivity contribution is 5.92. The van der Waals surface area contributed by atoms with E-state index < -0.39 is 0 Å². The largest absolute Gasteiger partial charge is 0.298 e. The van der Waals surface area contributed by atoms with Crippen LogP contribution in [0.5, 0.6) is 0 Å². The zero-order valence-electron chi connectivity index (χ0n) is 17.7. The van der Waals surface area contributed by atoms with Crippen molar-refractivity contribution in [1.82, 2.24) is 0 Å². The third-order valence-corrected chi connectivity index (χ3v) is 7.27. The minimum Gasteiger partial charge on any atom is -0.298 e. The Labute approximate surface area is 178 Å². The number of halogens is 2. The van der Waals surface area contributed by atoms with Crippen LogP contribution in [0.3, 0.4) is 0 Å².